The maximum Gasteiger partial charge on any atom is 0.323 e. The van der Waals surface area contributed by atoms with Crippen LogP contribution in [0.15, 0.2) is 49.1 Å². The summed E-state index contributed by atoms with van der Waals surface area (Å²) in [6.45, 7) is 6.33. The fraction of sp³-hybridized carbons (Fsp3) is 0.353. The van der Waals surface area contributed by atoms with Crippen molar-refractivity contribution in [2.45, 2.75) is 25.8 Å². The van der Waals surface area contributed by atoms with Crippen molar-refractivity contribution in [1.29, 1.82) is 0 Å². The second kappa shape index (κ2) is 9.77. The lowest BCUT2D eigenvalue weighted by Crippen LogP contribution is -2.34. The molecule has 0 aliphatic carbocycles. The minimum absolute atomic E-state index is 0.347. The van der Waals surface area contributed by atoms with Crippen LogP contribution >= 0.6 is 0 Å². The lowest BCUT2D eigenvalue weighted by molar-refractivity contribution is -0.144. The summed E-state index contributed by atoms with van der Waals surface area (Å²) in [5.41, 5.74) is 6.76. The highest BCUT2D eigenvalue weighted by Crippen LogP contribution is 2.13. The molecule has 0 radical (unpaired) electrons. The van der Waals surface area contributed by atoms with Gasteiger partial charge in [0.05, 0.1) is 13.2 Å². The third-order valence-corrected chi connectivity index (χ3v) is 2.79. The van der Waals surface area contributed by atoms with Crippen LogP contribution in [0.4, 0.5) is 0 Å². The number of carbonyl (C=O) groups is 1. The number of nitrogens with two attached hydrogens (primary N) is 1. The molecular formula is C17H23NO3. The van der Waals surface area contributed by atoms with Crippen molar-refractivity contribution >= 4 is 5.97 Å². The van der Waals surface area contributed by atoms with Crippen molar-refractivity contribution in [2.24, 2.45) is 5.73 Å². The molecule has 4 nitrogen and oxygen atoms in total. The van der Waals surface area contributed by atoms with Crippen molar-refractivity contribution in [3.63, 3.8) is 0 Å². The molecule has 4 heteroatoms. The zero-order valence-electron chi connectivity index (χ0n) is 12.5. The molecule has 114 valence electrons. The molecular weight excluding hydrogens is 266 g/mol. The van der Waals surface area contributed by atoms with E-state index in [1.165, 1.54) is 0 Å². The summed E-state index contributed by atoms with van der Waals surface area (Å²) in [4.78, 5) is 11.5. The molecule has 21 heavy (non-hydrogen) atoms. The number of esters is 1. The summed E-state index contributed by atoms with van der Waals surface area (Å²) in [7, 11) is 0. The monoisotopic (exact) mass is 289 g/mol. The lowest BCUT2D eigenvalue weighted by Gasteiger charge is -2.11. The highest BCUT2D eigenvalue weighted by molar-refractivity contribution is 5.75. The minimum Gasteiger partial charge on any atom is -0.493 e. The third-order valence-electron chi connectivity index (χ3n) is 2.79. The van der Waals surface area contributed by atoms with Crippen molar-refractivity contribution in [2.75, 3.05) is 13.2 Å². The van der Waals surface area contributed by atoms with Gasteiger partial charge in [-0.1, -0.05) is 36.9 Å². The van der Waals surface area contributed by atoms with Gasteiger partial charge in [0.15, 0.2) is 0 Å². The topological polar surface area (TPSA) is 61.5 Å². The maximum atomic E-state index is 11.5. The number of ether oxygens (including phenoxy) is 2. The van der Waals surface area contributed by atoms with Gasteiger partial charge in [0, 0.05) is 0 Å². The van der Waals surface area contributed by atoms with Crippen LogP contribution in [0.1, 0.15) is 18.9 Å². The van der Waals surface area contributed by atoms with Crippen LogP contribution in [0, 0.1) is 0 Å². The van der Waals surface area contributed by atoms with Gasteiger partial charge < -0.3 is 15.2 Å². The lowest BCUT2D eigenvalue weighted by atomic mass is 10.1. The van der Waals surface area contributed by atoms with Crippen molar-refractivity contribution < 1.29 is 14.3 Å². The Balaban J connectivity index is 2.41. The molecule has 1 unspecified atom stereocenters. The van der Waals surface area contributed by atoms with E-state index in [1.807, 2.05) is 36.4 Å². The van der Waals surface area contributed by atoms with Crippen LogP contribution in [0.25, 0.3) is 0 Å². The number of carbonyl (C=O) groups excluding carboxylic acids is 1. The van der Waals surface area contributed by atoms with E-state index in [4.69, 9.17) is 15.2 Å². The number of hydrogen-bond donors (Lipinski definition) is 1. The molecule has 0 spiro atoms. The Kier molecular flexibility index (Phi) is 7.90. The predicted molar refractivity (Wildman–Crippen MR) is 84.2 cm³/mol. The fourth-order valence-electron chi connectivity index (χ4n) is 1.75. The van der Waals surface area contributed by atoms with E-state index in [0.29, 0.717) is 19.6 Å². The summed E-state index contributed by atoms with van der Waals surface area (Å²) >= 11 is 0. The second-order valence-corrected chi connectivity index (χ2v) is 4.51. The molecule has 0 aliphatic rings. The van der Waals surface area contributed by atoms with Gasteiger partial charge in [-0.3, -0.25) is 4.79 Å². The molecule has 0 bridgehead atoms. The van der Waals surface area contributed by atoms with Gasteiger partial charge in [-0.15, -0.1) is 0 Å². The van der Waals surface area contributed by atoms with E-state index >= 15 is 0 Å². The number of allylic oxidation sites excluding steroid dienone is 2. The maximum absolute atomic E-state index is 11.5. The summed E-state index contributed by atoms with van der Waals surface area (Å²) in [5.74, 6) is 0.433. The summed E-state index contributed by atoms with van der Waals surface area (Å²) in [6.07, 6.45) is 6.92. The Bertz CT molecular complexity index is 465. The van der Waals surface area contributed by atoms with Gasteiger partial charge in [0.1, 0.15) is 11.8 Å². The van der Waals surface area contributed by atoms with Crippen LogP contribution in [0.2, 0.25) is 0 Å². The Labute approximate surface area is 126 Å². The molecule has 0 aliphatic heterocycles. The van der Waals surface area contributed by atoms with Gasteiger partial charge in [0.2, 0.25) is 0 Å². The van der Waals surface area contributed by atoms with Crippen molar-refractivity contribution in [3.05, 3.63) is 54.6 Å². The minimum atomic E-state index is -0.624. The standard InChI is InChI=1S/C17H23NO3/c1-3-5-6-7-12-21-15-10-8-14(9-11-15)13-16(18)17(19)20-4-2/h3,5-6,8-11,16H,1,4,7,12-13,18H2,2H3/b6-5+. The number of benzene rings is 1. The van der Waals surface area contributed by atoms with Gasteiger partial charge in [-0.2, -0.15) is 0 Å². The van der Waals surface area contributed by atoms with Gasteiger partial charge >= 0.3 is 5.97 Å². The first-order chi connectivity index (χ1) is 10.2. The van der Waals surface area contributed by atoms with E-state index in [-0.39, 0.29) is 5.97 Å². The Morgan fingerprint density at radius 1 is 1.38 bits per heavy atom. The van der Waals surface area contributed by atoms with Crippen LogP contribution in [-0.2, 0) is 16.0 Å². The number of rotatable bonds is 9. The molecule has 1 aromatic rings. The summed E-state index contributed by atoms with van der Waals surface area (Å²) in [6, 6.07) is 6.96. The molecule has 0 amide bonds. The Morgan fingerprint density at radius 3 is 2.71 bits per heavy atom. The Hall–Kier alpha value is -2.07. The quantitative estimate of drug-likeness (QED) is 0.431. The molecule has 1 atom stereocenters. The first kappa shape index (κ1) is 17.0. The summed E-state index contributed by atoms with van der Waals surface area (Å²) in [5, 5.41) is 0. The first-order valence-electron chi connectivity index (χ1n) is 7.09. The highest BCUT2D eigenvalue weighted by Gasteiger charge is 2.14. The highest BCUT2D eigenvalue weighted by atomic mass is 16.5. The van der Waals surface area contributed by atoms with E-state index in [0.717, 1.165) is 17.7 Å². The Morgan fingerprint density at radius 2 is 2.10 bits per heavy atom. The van der Waals surface area contributed by atoms with Crippen LogP contribution < -0.4 is 10.5 Å². The third kappa shape index (κ3) is 6.77. The molecule has 0 saturated heterocycles. The molecule has 0 heterocycles. The van der Waals surface area contributed by atoms with Gasteiger partial charge in [0.25, 0.3) is 0 Å². The van der Waals surface area contributed by atoms with Crippen LogP contribution in [0.3, 0.4) is 0 Å². The SMILES string of the molecule is C=C/C=C/CCOc1ccc(CC(N)C(=O)OCC)cc1. The van der Waals surface area contributed by atoms with E-state index < -0.39 is 6.04 Å². The van der Waals surface area contributed by atoms with Crippen molar-refractivity contribution in [3.8, 4) is 5.75 Å². The largest absolute Gasteiger partial charge is 0.493 e. The van der Waals surface area contributed by atoms with E-state index in [1.54, 1.807) is 13.0 Å². The molecule has 2 N–H and O–H groups in total. The number of hydrogen-bond acceptors (Lipinski definition) is 4. The van der Waals surface area contributed by atoms with Gasteiger partial charge in [-0.25, -0.2) is 0 Å². The van der Waals surface area contributed by atoms with Crippen LogP contribution in [0.5, 0.6) is 5.75 Å². The fourth-order valence-corrected chi connectivity index (χ4v) is 1.75. The summed E-state index contributed by atoms with van der Waals surface area (Å²) < 4.78 is 10.5. The second-order valence-electron chi connectivity index (χ2n) is 4.51. The molecule has 1 rings (SSSR count). The predicted octanol–water partition coefficient (Wildman–Crippen LogP) is 2.63. The molecule has 1 aromatic carbocycles. The molecule has 0 saturated carbocycles. The molecule has 0 fully saturated rings. The average molecular weight is 289 g/mol. The zero-order valence-corrected chi connectivity index (χ0v) is 12.5. The average Bonchev–Trinajstić information content (AvgIpc) is 2.49. The normalized spacial score (nSPS) is 12.1. The zero-order chi connectivity index (χ0) is 15.5. The first-order valence-corrected chi connectivity index (χ1v) is 7.09. The van der Waals surface area contributed by atoms with E-state index in [2.05, 4.69) is 6.58 Å². The molecule has 0 aromatic heterocycles. The van der Waals surface area contributed by atoms with Crippen molar-refractivity contribution in [1.82, 2.24) is 0 Å². The van der Waals surface area contributed by atoms with Gasteiger partial charge in [-0.05, 0) is 37.5 Å². The van der Waals surface area contributed by atoms with Crippen LogP contribution in [-0.4, -0.2) is 25.2 Å². The van der Waals surface area contributed by atoms with E-state index in [9.17, 15) is 4.79 Å². The smallest absolute Gasteiger partial charge is 0.323 e.